The van der Waals surface area contributed by atoms with E-state index in [0.717, 1.165) is 0 Å². The largest absolute Gasteiger partial charge is 0.299 e. The third-order valence-corrected chi connectivity index (χ3v) is 5.17. The molecule has 4 nitrogen and oxygen atoms in total. The molecule has 0 aromatic heterocycles. The van der Waals surface area contributed by atoms with Crippen molar-refractivity contribution in [1.29, 1.82) is 0 Å². The number of Topliss-reactive ketones (excluding diaryl/α,β-unsaturated/α-hetero) is 4. The smallest absolute Gasteiger partial charge is 0.141 e. The summed E-state index contributed by atoms with van der Waals surface area (Å²) in [6, 6.07) is 0. The molecule has 0 aromatic carbocycles. The van der Waals surface area contributed by atoms with Gasteiger partial charge in [-0.05, 0) is 27.7 Å². The van der Waals surface area contributed by atoms with Gasteiger partial charge < -0.3 is 0 Å². The van der Waals surface area contributed by atoms with Crippen molar-refractivity contribution in [3.8, 4) is 0 Å². The number of rotatable bonds is 10. The molecule has 0 aromatic rings. The molecule has 108 valence electrons. The van der Waals surface area contributed by atoms with Gasteiger partial charge in [0, 0.05) is 16.6 Å². The predicted octanol–water partition coefficient (Wildman–Crippen LogP) is 2.00. The highest BCUT2D eigenvalue weighted by Gasteiger charge is 2.21. The zero-order chi connectivity index (χ0) is 15.0. The van der Waals surface area contributed by atoms with Gasteiger partial charge >= 0.3 is 0 Å². The normalized spacial score (nSPS) is 10.8. The predicted molar refractivity (Wildman–Crippen MR) is 79.5 cm³/mol. The lowest BCUT2D eigenvalue weighted by Crippen LogP contribution is -2.23. The fourth-order valence-corrected chi connectivity index (χ4v) is 4.08. The molecule has 6 heteroatoms. The van der Waals surface area contributed by atoms with Crippen molar-refractivity contribution in [1.82, 2.24) is 0 Å². The Bertz CT molecular complexity index is 304. The number of hydrogen-bond donors (Lipinski definition) is 0. The van der Waals surface area contributed by atoms with Gasteiger partial charge in [-0.25, -0.2) is 0 Å². The highest BCUT2D eigenvalue weighted by molar-refractivity contribution is 8.16. The van der Waals surface area contributed by atoms with E-state index in [0.29, 0.717) is 16.6 Å². The zero-order valence-electron chi connectivity index (χ0n) is 11.7. The topological polar surface area (TPSA) is 68.3 Å². The van der Waals surface area contributed by atoms with Gasteiger partial charge in [-0.2, -0.15) is 0 Å². The van der Waals surface area contributed by atoms with Crippen LogP contribution in [0.1, 0.15) is 27.7 Å². The van der Waals surface area contributed by atoms with Crippen LogP contribution in [0.5, 0.6) is 0 Å². The second kappa shape index (κ2) is 9.31. The summed E-state index contributed by atoms with van der Waals surface area (Å²) in [5.74, 6) is -0.620. The summed E-state index contributed by atoms with van der Waals surface area (Å²) in [6.45, 7) is 5.67. The average Bonchev–Trinajstić information content (AvgIpc) is 2.25. The highest BCUT2D eigenvalue weighted by atomic mass is 32.2. The lowest BCUT2D eigenvalue weighted by Gasteiger charge is -2.11. The van der Waals surface area contributed by atoms with Crippen LogP contribution in [-0.2, 0) is 19.2 Å². The molecule has 0 atom stereocenters. The van der Waals surface area contributed by atoms with Gasteiger partial charge in [0.1, 0.15) is 23.1 Å². The Hall–Kier alpha value is -0.620. The summed E-state index contributed by atoms with van der Waals surface area (Å²) in [6.07, 6.45) is 0. The van der Waals surface area contributed by atoms with E-state index in [4.69, 9.17) is 0 Å². The summed E-state index contributed by atoms with van der Waals surface area (Å²) in [5, 5.41) is 0.661. The average molecular weight is 304 g/mol. The molecule has 0 saturated carbocycles. The van der Waals surface area contributed by atoms with Gasteiger partial charge in [-0.3, -0.25) is 19.2 Å². The van der Waals surface area contributed by atoms with E-state index < -0.39 is 11.8 Å². The number of ketones is 4. The fourth-order valence-electron chi connectivity index (χ4n) is 1.43. The first-order valence-electron chi connectivity index (χ1n) is 5.94. The first-order chi connectivity index (χ1) is 8.77. The minimum absolute atomic E-state index is 0.115. The molecule has 0 aliphatic rings. The van der Waals surface area contributed by atoms with E-state index in [1.165, 1.54) is 51.2 Å². The van der Waals surface area contributed by atoms with Crippen molar-refractivity contribution < 1.29 is 19.2 Å². The van der Waals surface area contributed by atoms with Crippen molar-refractivity contribution in [3.63, 3.8) is 0 Å². The molecule has 0 aliphatic heterocycles. The molecule has 0 amide bonds. The van der Waals surface area contributed by atoms with Crippen molar-refractivity contribution in [2.45, 2.75) is 27.7 Å². The molecule has 0 bridgehead atoms. The van der Waals surface area contributed by atoms with E-state index in [2.05, 4.69) is 0 Å². The van der Waals surface area contributed by atoms with Crippen LogP contribution in [0.3, 0.4) is 0 Å². The maximum Gasteiger partial charge on any atom is 0.141 e. The summed E-state index contributed by atoms with van der Waals surface area (Å²) >= 11 is 2.96. The van der Waals surface area contributed by atoms with Crippen LogP contribution < -0.4 is 0 Å². The molecule has 0 heterocycles. The minimum Gasteiger partial charge on any atom is -0.299 e. The van der Waals surface area contributed by atoms with Crippen LogP contribution in [0.2, 0.25) is 0 Å². The second-order valence-electron chi connectivity index (χ2n) is 4.41. The molecule has 19 heavy (non-hydrogen) atoms. The standard InChI is InChI=1S/C13H20O4S2/c1-8(14)12(9(2)15)5-18-7-19-6-13(10(3)16)11(4)17/h12-13H,5-7H2,1-4H3. The van der Waals surface area contributed by atoms with Gasteiger partial charge in [-0.15, -0.1) is 23.5 Å². The van der Waals surface area contributed by atoms with Crippen LogP contribution in [0.15, 0.2) is 0 Å². The third-order valence-electron chi connectivity index (χ3n) is 2.70. The Morgan fingerprint density at radius 1 is 0.684 bits per heavy atom. The Morgan fingerprint density at radius 2 is 0.947 bits per heavy atom. The summed E-state index contributed by atoms with van der Waals surface area (Å²) < 4.78 is 0. The van der Waals surface area contributed by atoms with E-state index in [1.54, 1.807) is 0 Å². The van der Waals surface area contributed by atoms with Crippen molar-refractivity contribution in [2.24, 2.45) is 11.8 Å². The van der Waals surface area contributed by atoms with Gasteiger partial charge in [0.2, 0.25) is 0 Å². The fraction of sp³-hybridized carbons (Fsp3) is 0.692. The molecule has 0 rings (SSSR count). The number of carbonyl (C=O) groups excluding carboxylic acids is 4. The van der Waals surface area contributed by atoms with Crippen molar-refractivity contribution >= 4 is 46.7 Å². The van der Waals surface area contributed by atoms with Crippen LogP contribution in [-0.4, -0.2) is 39.7 Å². The van der Waals surface area contributed by atoms with Gasteiger partial charge in [0.15, 0.2) is 0 Å². The molecule has 0 spiro atoms. The molecule has 0 N–H and O–H groups in total. The SMILES string of the molecule is CC(=O)C(CSCSCC(C(C)=O)C(C)=O)C(C)=O. The molecule has 0 fully saturated rings. The first-order valence-corrected chi connectivity index (χ1v) is 8.25. The Kier molecular flexibility index (Phi) is 9.01. The Labute approximate surface area is 122 Å². The third kappa shape index (κ3) is 7.52. The van der Waals surface area contributed by atoms with Gasteiger partial charge in [0.25, 0.3) is 0 Å². The highest BCUT2D eigenvalue weighted by Crippen LogP contribution is 2.19. The van der Waals surface area contributed by atoms with E-state index in [-0.39, 0.29) is 23.1 Å². The lowest BCUT2D eigenvalue weighted by atomic mass is 10.0. The molecular weight excluding hydrogens is 284 g/mol. The molecule has 0 unspecified atom stereocenters. The second-order valence-corrected chi connectivity index (χ2v) is 6.83. The van der Waals surface area contributed by atoms with Gasteiger partial charge in [-0.1, -0.05) is 0 Å². The monoisotopic (exact) mass is 304 g/mol. The first kappa shape index (κ1) is 18.4. The summed E-state index contributed by atoms with van der Waals surface area (Å²) in [4.78, 5) is 44.8. The number of hydrogen-bond acceptors (Lipinski definition) is 6. The molecule has 0 saturated heterocycles. The lowest BCUT2D eigenvalue weighted by molar-refractivity contribution is -0.130. The maximum atomic E-state index is 11.2. The summed E-state index contributed by atoms with van der Waals surface area (Å²) in [5.41, 5.74) is 0. The van der Waals surface area contributed by atoms with Gasteiger partial charge in [0.05, 0.1) is 11.8 Å². The molecule has 0 radical (unpaired) electrons. The number of thioether (sulfide) groups is 2. The Morgan fingerprint density at radius 3 is 1.16 bits per heavy atom. The zero-order valence-corrected chi connectivity index (χ0v) is 13.4. The molecule has 0 aliphatic carbocycles. The van der Waals surface area contributed by atoms with Crippen LogP contribution in [0.25, 0.3) is 0 Å². The maximum absolute atomic E-state index is 11.2. The van der Waals surface area contributed by atoms with E-state index in [1.807, 2.05) is 0 Å². The van der Waals surface area contributed by atoms with Crippen LogP contribution in [0, 0.1) is 11.8 Å². The van der Waals surface area contributed by atoms with Crippen LogP contribution in [0.4, 0.5) is 0 Å². The minimum atomic E-state index is -0.540. The van der Waals surface area contributed by atoms with Crippen LogP contribution >= 0.6 is 23.5 Å². The quantitative estimate of drug-likeness (QED) is 0.349. The van der Waals surface area contributed by atoms with Crippen molar-refractivity contribution in [3.05, 3.63) is 0 Å². The Balaban J connectivity index is 3.98. The molecular formula is C13H20O4S2. The summed E-state index contributed by atoms with van der Waals surface area (Å²) in [7, 11) is 0. The van der Waals surface area contributed by atoms with E-state index >= 15 is 0 Å². The van der Waals surface area contributed by atoms with E-state index in [9.17, 15) is 19.2 Å². The van der Waals surface area contributed by atoms with Crippen molar-refractivity contribution in [2.75, 3.05) is 16.6 Å². The number of carbonyl (C=O) groups is 4.